The highest BCUT2D eigenvalue weighted by atomic mass is 16.5. The molecule has 0 aliphatic heterocycles. The Kier molecular flexibility index (Phi) is 6.54. The minimum Gasteiger partial charge on any atom is -0.497 e. The summed E-state index contributed by atoms with van der Waals surface area (Å²) in [6, 6.07) is 14.0. The topological polar surface area (TPSA) is 102 Å². The summed E-state index contributed by atoms with van der Waals surface area (Å²) in [5.74, 6) is 2.24. The van der Waals surface area contributed by atoms with Crippen molar-refractivity contribution in [1.82, 2.24) is 15.0 Å². The number of ether oxygens (including phenoxy) is 2. The number of nitrogens with one attached hydrogen (secondary N) is 1. The maximum atomic E-state index is 5.80. The Hall–Kier alpha value is -4.33. The summed E-state index contributed by atoms with van der Waals surface area (Å²) in [6.07, 6.45) is 8.61. The molecule has 0 unspecified atom stereocenters. The number of pyridine rings is 1. The van der Waals surface area contributed by atoms with Gasteiger partial charge in [-0.05, 0) is 24.3 Å². The normalized spacial score (nSPS) is 11.8. The molecule has 4 aromatic rings. The first-order chi connectivity index (χ1) is 16.1. The molecule has 8 heteroatoms. The molecule has 4 rings (SSSR count). The summed E-state index contributed by atoms with van der Waals surface area (Å²) in [4.78, 5) is 18.4. The number of aromatic amines is 1. The lowest BCUT2D eigenvalue weighted by Gasteiger charge is -2.25. The zero-order valence-electron chi connectivity index (χ0n) is 18.8. The van der Waals surface area contributed by atoms with Gasteiger partial charge in [0, 0.05) is 84.1 Å². The van der Waals surface area contributed by atoms with Crippen molar-refractivity contribution in [3.8, 4) is 11.5 Å². The smallest absolute Gasteiger partial charge is 0.126 e. The van der Waals surface area contributed by atoms with Gasteiger partial charge in [-0.3, -0.25) is 9.98 Å². The van der Waals surface area contributed by atoms with E-state index in [0.29, 0.717) is 18.0 Å². The molecule has 33 heavy (non-hydrogen) atoms. The van der Waals surface area contributed by atoms with Crippen LogP contribution in [0.2, 0.25) is 0 Å². The molecule has 0 saturated heterocycles. The quantitative estimate of drug-likeness (QED) is 0.394. The average Bonchev–Trinajstić information content (AvgIpc) is 3.38. The minimum absolute atomic E-state index is 0.526. The van der Waals surface area contributed by atoms with Gasteiger partial charge in [-0.2, -0.15) is 0 Å². The molecule has 0 fully saturated rings. The number of fused-ring (bicyclic) bond motifs is 1. The van der Waals surface area contributed by atoms with Crippen molar-refractivity contribution < 1.29 is 9.47 Å². The molecule has 0 spiro atoms. The van der Waals surface area contributed by atoms with Gasteiger partial charge in [0.05, 0.1) is 26.3 Å². The second-order valence-electron chi connectivity index (χ2n) is 7.30. The van der Waals surface area contributed by atoms with Crippen molar-refractivity contribution in [2.24, 2.45) is 10.7 Å². The molecule has 2 aromatic heterocycles. The lowest BCUT2D eigenvalue weighted by molar-refractivity contribution is 0.394. The Morgan fingerprint density at radius 3 is 2.48 bits per heavy atom. The third kappa shape index (κ3) is 4.79. The van der Waals surface area contributed by atoms with Crippen LogP contribution >= 0.6 is 0 Å². The predicted octanol–water partition coefficient (Wildman–Crippen LogP) is 4.31. The van der Waals surface area contributed by atoms with Gasteiger partial charge in [0.15, 0.2) is 0 Å². The van der Waals surface area contributed by atoms with E-state index in [9.17, 15) is 0 Å². The number of H-pyrrole nitrogens is 1. The number of rotatable bonds is 8. The van der Waals surface area contributed by atoms with Crippen LogP contribution in [0.5, 0.6) is 11.5 Å². The highest BCUT2D eigenvalue weighted by Crippen LogP contribution is 2.35. The predicted molar refractivity (Wildman–Crippen MR) is 132 cm³/mol. The fourth-order valence-electron chi connectivity index (χ4n) is 3.61. The van der Waals surface area contributed by atoms with E-state index in [-0.39, 0.29) is 0 Å². The Labute approximate surface area is 192 Å². The fraction of sp³-hybridized carbons (Fsp3) is 0.160. The number of allylic oxidation sites excluding steroid dienone is 1. The number of benzene rings is 2. The number of anilines is 2. The summed E-state index contributed by atoms with van der Waals surface area (Å²) < 4.78 is 11.0. The molecular weight excluding hydrogens is 416 g/mol. The Bertz CT molecular complexity index is 1280. The van der Waals surface area contributed by atoms with Crippen LogP contribution < -0.4 is 20.1 Å². The van der Waals surface area contributed by atoms with Gasteiger partial charge >= 0.3 is 0 Å². The van der Waals surface area contributed by atoms with E-state index < -0.39 is 0 Å². The summed E-state index contributed by atoms with van der Waals surface area (Å²) >= 11 is 0. The van der Waals surface area contributed by atoms with Crippen LogP contribution in [0.4, 0.5) is 11.4 Å². The van der Waals surface area contributed by atoms with E-state index in [1.165, 1.54) is 6.20 Å². The zero-order valence-corrected chi connectivity index (χ0v) is 18.8. The molecule has 0 aliphatic carbocycles. The maximum Gasteiger partial charge on any atom is 0.126 e. The van der Waals surface area contributed by atoms with E-state index in [2.05, 4.69) is 37.0 Å². The molecule has 168 valence electrons. The molecule has 0 aliphatic rings. The number of nitrogens with zero attached hydrogens (tertiary/aromatic N) is 4. The monoisotopic (exact) mass is 442 g/mol. The zero-order chi connectivity index (χ0) is 23.2. The lowest BCUT2D eigenvalue weighted by atomic mass is 10.1. The highest BCUT2D eigenvalue weighted by Gasteiger charge is 2.15. The first kappa shape index (κ1) is 21.9. The molecule has 8 nitrogen and oxygen atoms in total. The van der Waals surface area contributed by atoms with Crippen molar-refractivity contribution in [2.45, 2.75) is 6.54 Å². The number of aliphatic imine (C=N–C) groups is 1. The summed E-state index contributed by atoms with van der Waals surface area (Å²) in [6.45, 7) is 0.526. The number of methoxy groups -OCH3 is 2. The van der Waals surface area contributed by atoms with Crippen LogP contribution in [0.1, 0.15) is 11.4 Å². The van der Waals surface area contributed by atoms with Gasteiger partial charge in [0.2, 0.25) is 0 Å². The minimum atomic E-state index is 0.526. The van der Waals surface area contributed by atoms with E-state index in [4.69, 9.17) is 15.2 Å². The van der Waals surface area contributed by atoms with Crippen molar-refractivity contribution >= 4 is 34.1 Å². The molecule has 2 aromatic carbocycles. The van der Waals surface area contributed by atoms with Crippen molar-refractivity contribution in [3.05, 3.63) is 78.6 Å². The van der Waals surface area contributed by atoms with Gasteiger partial charge in [-0.1, -0.05) is 0 Å². The van der Waals surface area contributed by atoms with E-state index >= 15 is 0 Å². The molecule has 0 bridgehead atoms. The third-order valence-corrected chi connectivity index (χ3v) is 5.27. The Morgan fingerprint density at radius 2 is 1.85 bits per heavy atom. The van der Waals surface area contributed by atoms with Gasteiger partial charge in [0.25, 0.3) is 0 Å². The van der Waals surface area contributed by atoms with E-state index in [1.807, 2.05) is 36.5 Å². The molecular formula is C25H26N6O2. The molecule has 0 amide bonds. The number of imidazole rings is 1. The van der Waals surface area contributed by atoms with Gasteiger partial charge < -0.3 is 25.1 Å². The number of nitrogens with two attached hydrogens (primary N) is 1. The van der Waals surface area contributed by atoms with Crippen molar-refractivity contribution in [2.75, 3.05) is 26.2 Å². The standard InChI is InChI=1S/C25H26N6O2/c1-27-14-19(13-26)18-8-17-9-20(4-5-24(17)30-15-18)31(16-25-28-6-7-29-25)21-10-22(32-2)12-23(11-21)33-3/h4-15H,16,26H2,1-3H3,(H,28,29). The van der Waals surface area contributed by atoms with Crippen LogP contribution in [-0.4, -0.2) is 42.4 Å². The van der Waals surface area contributed by atoms with Crippen molar-refractivity contribution in [1.29, 1.82) is 0 Å². The van der Waals surface area contributed by atoms with Crippen LogP contribution in [0, 0.1) is 0 Å². The van der Waals surface area contributed by atoms with E-state index in [1.54, 1.807) is 39.9 Å². The van der Waals surface area contributed by atoms with Crippen LogP contribution in [-0.2, 0) is 6.54 Å². The summed E-state index contributed by atoms with van der Waals surface area (Å²) in [7, 11) is 4.99. The molecule has 0 atom stereocenters. The SMILES string of the molecule is CN=CC(=CN)c1cnc2ccc(N(Cc3ncc[nH]3)c3cc(OC)cc(OC)c3)cc2c1. The van der Waals surface area contributed by atoms with Crippen LogP contribution in [0.3, 0.4) is 0 Å². The second-order valence-corrected chi connectivity index (χ2v) is 7.30. The van der Waals surface area contributed by atoms with E-state index in [0.717, 1.165) is 39.2 Å². The van der Waals surface area contributed by atoms with Gasteiger partial charge in [0.1, 0.15) is 17.3 Å². The highest BCUT2D eigenvalue weighted by molar-refractivity contribution is 6.10. The number of aromatic nitrogens is 3. The number of hydrogen-bond acceptors (Lipinski definition) is 7. The fourth-order valence-corrected chi connectivity index (χ4v) is 3.61. The molecule has 3 N–H and O–H groups in total. The van der Waals surface area contributed by atoms with Gasteiger partial charge in [-0.25, -0.2) is 4.98 Å². The van der Waals surface area contributed by atoms with Crippen LogP contribution in [0.25, 0.3) is 16.5 Å². The number of hydrogen-bond donors (Lipinski definition) is 2. The Balaban J connectivity index is 1.83. The molecule has 2 heterocycles. The van der Waals surface area contributed by atoms with Crippen molar-refractivity contribution in [3.63, 3.8) is 0 Å². The van der Waals surface area contributed by atoms with Crippen LogP contribution in [0.15, 0.2) is 72.2 Å². The Morgan fingerprint density at radius 1 is 1.06 bits per heavy atom. The maximum absolute atomic E-state index is 5.80. The second kappa shape index (κ2) is 9.86. The third-order valence-electron chi connectivity index (χ3n) is 5.27. The summed E-state index contributed by atoms with van der Waals surface area (Å²) in [5.41, 5.74) is 10.3. The first-order valence-electron chi connectivity index (χ1n) is 10.4. The van der Waals surface area contributed by atoms with Gasteiger partial charge in [-0.15, -0.1) is 0 Å². The average molecular weight is 443 g/mol. The lowest BCUT2D eigenvalue weighted by Crippen LogP contribution is -2.17. The largest absolute Gasteiger partial charge is 0.497 e. The summed E-state index contributed by atoms with van der Waals surface area (Å²) in [5, 5.41) is 0.980. The first-order valence-corrected chi connectivity index (χ1v) is 10.4. The molecule has 0 radical (unpaired) electrons. The molecule has 0 saturated carbocycles.